The van der Waals surface area contributed by atoms with Gasteiger partial charge in [-0.2, -0.15) is 26.3 Å². The van der Waals surface area contributed by atoms with Crippen LogP contribution in [0.4, 0.5) is 26.3 Å². The molecule has 0 saturated carbocycles. The number of hydrogen-bond donors (Lipinski definition) is 1. The fourth-order valence-electron chi connectivity index (χ4n) is 4.74. The van der Waals surface area contributed by atoms with E-state index in [4.69, 9.17) is 9.47 Å². The predicted octanol–water partition coefficient (Wildman–Crippen LogP) is 4.10. The lowest BCUT2D eigenvalue weighted by Gasteiger charge is -2.38. The molecule has 38 heavy (non-hydrogen) atoms. The van der Waals surface area contributed by atoms with Crippen LogP contribution in [-0.2, 0) is 28.2 Å². The van der Waals surface area contributed by atoms with Gasteiger partial charge in [0.05, 0.1) is 18.3 Å². The van der Waals surface area contributed by atoms with E-state index in [1.54, 1.807) is 7.11 Å². The number of halogens is 6. The summed E-state index contributed by atoms with van der Waals surface area (Å²) in [5.74, 6) is -2.19. The second-order valence-electron chi connectivity index (χ2n) is 9.42. The molecule has 4 rings (SSSR count). The van der Waals surface area contributed by atoms with Crippen molar-refractivity contribution in [3.63, 3.8) is 0 Å². The van der Waals surface area contributed by atoms with E-state index < -0.39 is 35.3 Å². The first kappa shape index (κ1) is 28.2. The third-order valence-electron chi connectivity index (χ3n) is 6.73. The largest absolute Gasteiger partial charge is 0.451 e. The van der Waals surface area contributed by atoms with Crippen LogP contribution in [-0.4, -0.2) is 72.4 Å². The number of ether oxygens (including phenoxy) is 2. The van der Waals surface area contributed by atoms with E-state index in [0.29, 0.717) is 39.1 Å². The molecule has 2 aromatic rings. The van der Waals surface area contributed by atoms with Gasteiger partial charge in [-0.05, 0) is 37.0 Å². The predicted molar refractivity (Wildman–Crippen MR) is 123 cm³/mol. The van der Waals surface area contributed by atoms with Gasteiger partial charge in [0.25, 0.3) is 5.91 Å². The van der Waals surface area contributed by atoms with Crippen molar-refractivity contribution in [3.05, 3.63) is 58.7 Å². The molecule has 2 aliphatic rings. The van der Waals surface area contributed by atoms with Gasteiger partial charge in [0.1, 0.15) is 5.69 Å². The van der Waals surface area contributed by atoms with Crippen LogP contribution in [0.1, 0.15) is 52.4 Å². The van der Waals surface area contributed by atoms with Gasteiger partial charge in [0.2, 0.25) is 5.82 Å². The van der Waals surface area contributed by atoms with Crippen molar-refractivity contribution >= 4 is 5.91 Å². The molecular formula is C25H28F6N4O3. The van der Waals surface area contributed by atoms with Crippen LogP contribution >= 0.6 is 0 Å². The molecule has 3 heterocycles. The Balaban J connectivity index is 1.47. The summed E-state index contributed by atoms with van der Waals surface area (Å²) < 4.78 is 90.6. The van der Waals surface area contributed by atoms with Crippen molar-refractivity contribution in [1.29, 1.82) is 0 Å². The highest BCUT2D eigenvalue weighted by Gasteiger charge is 2.37. The first-order valence-corrected chi connectivity index (χ1v) is 12.2. The second kappa shape index (κ2) is 11.5. The molecule has 0 aliphatic carbocycles. The number of nitrogens with zero attached hydrogens (tertiary/aromatic N) is 3. The first-order valence-electron chi connectivity index (χ1n) is 12.2. The Morgan fingerprint density at radius 3 is 2.47 bits per heavy atom. The van der Waals surface area contributed by atoms with Crippen molar-refractivity contribution in [1.82, 2.24) is 20.2 Å². The first-order chi connectivity index (χ1) is 17.9. The van der Waals surface area contributed by atoms with Gasteiger partial charge < -0.3 is 19.7 Å². The molecule has 7 nitrogen and oxygen atoms in total. The number of amides is 1. The molecule has 208 valence electrons. The number of carbonyl (C=O) groups excluding carboxylic acids is 1. The van der Waals surface area contributed by atoms with Crippen LogP contribution in [0.2, 0.25) is 0 Å². The molecule has 1 amide bonds. The number of carbonyl (C=O) groups is 1. The number of nitrogens with one attached hydrogen (secondary N) is 1. The van der Waals surface area contributed by atoms with Crippen LogP contribution in [0.5, 0.6) is 0 Å². The van der Waals surface area contributed by atoms with Gasteiger partial charge in [-0.1, -0.05) is 18.2 Å². The van der Waals surface area contributed by atoms with Crippen LogP contribution in [0.15, 0.2) is 30.3 Å². The standard InChI is InChI=1S/C25H28F6N4O3/c1-37-21-14-38-10-7-19(21)32-17-5-8-35(9-6-17)22(36)20-13-18(33-23(34-20)25(29,30)31)12-15-3-2-4-16(11-15)24(26,27)28/h2-4,11,13,17,19,21,32H,5-10,12,14H2,1H3/t19-,21+/m1/s1. The molecular weight excluding hydrogens is 518 g/mol. The SMILES string of the molecule is CO[C@H]1COCC[C@H]1NC1CCN(C(=O)c2cc(Cc3cccc(C(F)(F)F)c3)nc(C(F)(F)F)n2)CC1. The molecule has 13 heteroatoms. The molecule has 1 N–H and O–H groups in total. The van der Waals surface area contributed by atoms with Crippen molar-refractivity contribution in [2.75, 3.05) is 33.4 Å². The Morgan fingerprint density at radius 1 is 1.08 bits per heavy atom. The fraction of sp³-hybridized carbons (Fsp3) is 0.560. The molecule has 0 radical (unpaired) electrons. The summed E-state index contributed by atoms with van der Waals surface area (Å²) in [5, 5.41) is 3.54. The molecule has 1 aromatic heterocycles. The molecule has 2 aliphatic heterocycles. The number of hydrogen-bond acceptors (Lipinski definition) is 6. The highest BCUT2D eigenvalue weighted by molar-refractivity contribution is 5.92. The maximum absolute atomic E-state index is 13.5. The monoisotopic (exact) mass is 546 g/mol. The van der Waals surface area contributed by atoms with Crippen LogP contribution in [0.3, 0.4) is 0 Å². The minimum absolute atomic E-state index is 0.0829. The minimum atomic E-state index is -4.93. The Kier molecular flexibility index (Phi) is 8.58. The lowest BCUT2D eigenvalue weighted by molar-refractivity contribution is -0.145. The van der Waals surface area contributed by atoms with Crippen molar-refractivity contribution in [2.45, 2.75) is 56.2 Å². The van der Waals surface area contributed by atoms with Gasteiger partial charge in [-0.25, -0.2) is 9.97 Å². The topological polar surface area (TPSA) is 76.6 Å². The summed E-state index contributed by atoms with van der Waals surface area (Å²) in [6.07, 6.45) is -7.98. The molecule has 0 bridgehead atoms. The zero-order chi connectivity index (χ0) is 27.5. The number of piperidine rings is 1. The Hall–Kier alpha value is -2.77. The number of rotatable bonds is 6. The van der Waals surface area contributed by atoms with E-state index >= 15 is 0 Å². The smallest absolute Gasteiger partial charge is 0.379 e. The number of aromatic nitrogens is 2. The van der Waals surface area contributed by atoms with Gasteiger partial charge in [0.15, 0.2) is 0 Å². The number of likely N-dealkylation sites (tertiary alicyclic amines) is 1. The highest BCUT2D eigenvalue weighted by Crippen LogP contribution is 2.31. The number of methoxy groups -OCH3 is 1. The molecule has 0 unspecified atom stereocenters. The molecule has 1 aromatic carbocycles. The van der Waals surface area contributed by atoms with E-state index in [9.17, 15) is 31.1 Å². The summed E-state index contributed by atoms with van der Waals surface area (Å²) in [6.45, 7) is 1.73. The average Bonchev–Trinajstić information content (AvgIpc) is 2.88. The average molecular weight is 547 g/mol. The molecule has 2 fully saturated rings. The van der Waals surface area contributed by atoms with E-state index in [1.165, 1.54) is 17.0 Å². The van der Waals surface area contributed by atoms with E-state index in [-0.39, 0.29) is 35.9 Å². The van der Waals surface area contributed by atoms with Crippen LogP contribution < -0.4 is 5.32 Å². The quantitative estimate of drug-likeness (QED) is 0.550. The van der Waals surface area contributed by atoms with Crippen molar-refractivity contribution in [3.8, 4) is 0 Å². The summed E-state index contributed by atoms with van der Waals surface area (Å²) in [4.78, 5) is 21.5. The van der Waals surface area contributed by atoms with E-state index in [2.05, 4.69) is 15.3 Å². The number of benzene rings is 1. The zero-order valence-corrected chi connectivity index (χ0v) is 20.6. The molecule has 0 spiro atoms. The Labute approximate surface area is 215 Å². The Bertz CT molecular complexity index is 1120. The maximum Gasteiger partial charge on any atom is 0.451 e. The normalized spacial score (nSPS) is 21.5. The van der Waals surface area contributed by atoms with Crippen LogP contribution in [0, 0.1) is 0 Å². The lowest BCUT2D eigenvalue weighted by Crippen LogP contribution is -2.54. The number of alkyl halides is 6. The molecule has 2 saturated heterocycles. The van der Waals surface area contributed by atoms with Gasteiger partial charge in [0, 0.05) is 51.0 Å². The van der Waals surface area contributed by atoms with E-state index in [0.717, 1.165) is 24.6 Å². The molecule has 2 atom stereocenters. The van der Waals surface area contributed by atoms with Crippen LogP contribution in [0.25, 0.3) is 0 Å². The Morgan fingerprint density at radius 2 is 1.82 bits per heavy atom. The van der Waals surface area contributed by atoms with Gasteiger partial charge in [-0.15, -0.1) is 0 Å². The summed E-state index contributed by atoms with van der Waals surface area (Å²) in [7, 11) is 1.62. The summed E-state index contributed by atoms with van der Waals surface area (Å²) >= 11 is 0. The third kappa shape index (κ3) is 7.00. The third-order valence-corrected chi connectivity index (χ3v) is 6.73. The fourth-order valence-corrected chi connectivity index (χ4v) is 4.74. The second-order valence-corrected chi connectivity index (χ2v) is 9.42. The van der Waals surface area contributed by atoms with Crippen molar-refractivity contribution in [2.24, 2.45) is 0 Å². The summed E-state index contributed by atoms with van der Waals surface area (Å²) in [5.41, 5.74) is -1.45. The lowest BCUT2D eigenvalue weighted by atomic mass is 9.99. The maximum atomic E-state index is 13.5. The van der Waals surface area contributed by atoms with E-state index in [1.807, 2.05) is 0 Å². The minimum Gasteiger partial charge on any atom is -0.379 e. The van der Waals surface area contributed by atoms with Gasteiger partial charge >= 0.3 is 12.4 Å². The highest BCUT2D eigenvalue weighted by atomic mass is 19.4. The zero-order valence-electron chi connectivity index (χ0n) is 20.6. The van der Waals surface area contributed by atoms with Gasteiger partial charge in [-0.3, -0.25) is 4.79 Å². The summed E-state index contributed by atoms with van der Waals surface area (Å²) in [6, 6.07) is 5.58. The van der Waals surface area contributed by atoms with Crippen molar-refractivity contribution < 1.29 is 40.6 Å².